The highest BCUT2D eigenvalue weighted by Crippen LogP contribution is 2.31. The molecule has 0 aromatic carbocycles. The molecule has 3 heteroatoms. The maximum absolute atomic E-state index is 10.4. The highest BCUT2D eigenvalue weighted by atomic mass is 16.7. The highest BCUT2D eigenvalue weighted by molar-refractivity contribution is 5.50. The monoisotopic (exact) mass is 200 g/mol. The molecule has 0 aliphatic carbocycles. The first-order valence-electron chi connectivity index (χ1n) is 5.18. The van der Waals surface area contributed by atoms with Crippen LogP contribution >= 0.6 is 0 Å². The summed E-state index contributed by atoms with van der Waals surface area (Å²) >= 11 is 0. The first kappa shape index (κ1) is 11.7. The van der Waals surface area contributed by atoms with E-state index >= 15 is 0 Å². The number of ether oxygens (including phenoxy) is 2. The Morgan fingerprint density at radius 3 is 2.50 bits per heavy atom. The van der Waals surface area contributed by atoms with Gasteiger partial charge in [0.1, 0.15) is 6.29 Å². The zero-order chi connectivity index (χ0) is 10.8. The minimum atomic E-state index is -0.198. The smallest absolute Gasteiger partial charge is 0.163 e. The van der Waals surface area contributed by atoms with Crippen LogP contribution in [0, 0.1) is 5.41 Å². The molecular formula is C11H20O3. The summed E-state index contributed by atoms with van der Waals surface area (Å²) in [6, 6.07) is 0. The van der Waals surface area contributed by atoms with Crippen LogP contribution in [0.3, 0.4) is 0 Å². The van der Waals surface area contributed by atoms with Gasteiger partial charge in [0.25, 0.3) is 0 Å². The van der Waals surface area contributed by atoms with Crippen LogP contribution in [0.5, 0.6) is 0 Å². The average Bonchev–Trinajstić information content (AvgIpc) is 2.02. The van der Waals surface area contributed by atoms with Crippen LogP contribution in [0.2, 0.25) is 0 Å². The van der Waals surface area contributed by atoms with Crippen molar-refractivity contribution in [3.8, 4) is 0 Å². The molecule has 1 rings (SSSR count). The lowest BCUT2D eigenvalue weighted by molar-refractivity contribution is -0.274. The fourth-order valence-electron chi connectivity index (χ4n) is 1.57. The Labute approximate surface area is 85.8 Å². The van der Waals surface area contributed by atoms with Gasteiger partial charge in [0.05, 0.1) is 12.2 Å². The standard InChI is InChI=1S/C11H20O3/c1-8-7-9(5-6-12)14-10(13-8)11(2,3)4/h6,8-10H,5,7H2,1-4H3/t8-,9+,10-/m1/s1. The molecule has 0 aromatic heterocycles. The summed E-state index contributed by atoms with van der Waals surface area (Å²) in [6.45, 7) is 8.26. The van der Waals surface area contributed by atoms with Gasteiger partial charge in [-0.2, -0.15) is 0 Å². The van der Waals surface area contributed by atoms with Crippen LogP contribution in [-0.2, 0) is 14.3 Å². The van der Waals surface area contributed by atoms with E-state index in [0.717, 1.165) is 12.7 Å². The van der Waals surface area contributed by atoms with Crippen molar-refractivity contribution in [2.24, 2.45) is 5.41 Å². The molecule has 0 aromatic rings. The van der Waals surface area contributed by atoms with Crippen molar-refractivity contribution in [1.82, 2.24) is 0 Å². The van der Waals surface area contributed by atoms with Gasteiger partial charge in [0.15, 0.2) is 6.29 Å². The van der Waals surface area contributed by atoms with Gasteiger partial charge in [0, 0.05) is 18.3 Å². The van der Waals surface area contributed by atoms with Crippen molar-refractivity contribution in [2.75, 3.05) is 0 Å². The Hall–Kier alpha value is -0.410. The van der Waals surface area contributed by atoms with E-state index in [9.17, 15) is 4.79 Å². The number of aldehydes is 1. The normalized spacial score (nSPS) is 34.1. The van der Waals surface area contributed by atoms with E-state index in [2.05, 4.69) is 20.8 Å². The van der Waals surface area contributed by atoms with Crippen LogP contribution in [-0.4, -0.2) is 24.8 Å². The molecule has 0 amide bonds. The second kappa shape index (κ2) is 4.41. The Kier molecular flexibility index (Phi) is 3.67. The summed E-state index contributed by atoms with van der Waals surface area (Å²) in [5, 5.41) is 0. The molecular weight excluding hydrogens is 180 g/mol. The third kappa shape index (κ3) is 3.07. The SMILES string of the molecule is C[C@@H]1C[C@H](CC=O)O[C@H](C(C)(C)C)O1. The van der Waals surface area contributed by atoms with Crippen molar-refractivity contribution in [2.45, 2.75) is 59.0 Å². The van der Waals surface area contributed by atoms with Gasteiger partial charge in [-0.1, -0.05) is 20.8 Å². The summed E-state index contributed by atoms with van der Waals surface area (Å²) in [7, 11) is 0. The predicted molar refractivity (Wildman–Crippen MR) is 54.0 cm³/mol. The molecule has 1 saturated heterocycles. The fourth-order valence-corrected chi connectivity index (χ4v) is 1.57. The maximum Gasteiger partial charge on any atom is 0.163 e. The van der Waals surface area contributed by atoms with Crippen molar-refractivity contribution >= 4 is 6.29 Å². The lowest BCUT2D eigenvalue weighted by Crippen LogP contribution is -2.43. The summed E-state index contributed by atoms with van der Waals surface area (Å²) < 4.78 is 11.4. The quantitative estimate of drug-likeness (QED) is 0.641. The number of carbonyl (C=O) groups excluding carboxylic acids is 1. The Morgan fingerprint density at radius 1 is 1.36 bits per heavy atom. The average molecular weight is 200 g/mol. The molecule has 0 unspecified atom stereocenters. The van der Waals surface area contributed by atoms with Crippen LogP contribution in [0.1, 0.15) is 40.5 Å². The summed E-state index contributed by atoms with van der Waals surface area (Å²) in [6.07, 6.45) is 2.21. The van der Waals surface area contributed by atoms with Gasteiger partial charge in [-0.25, -0.2) is 0 Å². The molecule has 82 valence electrons. The van der Waals surface area contributed by atoms with Crippen LogP contribution in [0.25, 0.3) is 0 Å². The molecule has 14 heavy (non-hydrogen) atoms. The lowest BCUT2D eigenvalue weighted by atomic mass is 9.94. The Bertz CT molecular complexity index is 195. The fraction of sp³-hybridized carbons (Fsp3) is 0.909. The summed E-state index contributed by atoms with van der Waals surface area (Å²) in [5.41, 5.74) is -0.0319. The summed E-state index contributed by atoms with van der Waals surface area (Å²) in [4.78, 5) is 10.4. The van der Waals surface area contributed by atoms with Gasteiger partial charge in [-0.3, -0.25) is 0 Å². The van der Waals surface area contributed by atoms with E-state index in [4.69, 9.17) is 9.47 Å². The van der Waals surface area contributed by atoms with Crippen molar-refractivity contribution in [3.63, 3.8) is 0 Å². The van der Waals surface area contributed by atoms with Gasteiger partial charge in [-0.15, -0.1) is 0 Å². The van der Waals surface area contributed by atoms with Gasteiger partial charge in [0.2, 0.25) is 0 Å². The maximum atomic E-state index is 10.4. The molecule has 0 N–H and O–H groups in total. The van der Waals surface area contributed by atoms with E-state index < -0.39 is 0 Å². The van der Waals surface area contributed by atoms with E-state index in [1.165, 1.54) is 0 Å². The molecule has 0 bridgehead atoms. The largest absolute Gasteiger partial charge is 0.349 e. The van der Waals surface area contributed by atoms with E-state index in [1.807, 2.05) is 6.92 Å². The minimum Gasteiger partial charge on any atom is -0.349 e. The second-order valence-corrected chi connectivity index (χ2v) is 5.04. The molecule has 1 aliphatic rings. The molecule has 0 spiro atoms. The first-order chi connectivity index (χ1) is 6.43. The highest BCUT2D eigenvalue weighted by Gasteiger charge is 2.35. The summed E-state index contributed by atoms with van der Waals surface area (Å²) in [5.74, 6) is 0. The van der Waals surface area contributed by atoms with Crippen LogP contribution < -0.4 is 0 Å². The number of hydrogen-bond acceptors (Lipinski definition) is 3. The van der Waals surface area contributed by atoms with Crippen LogP contribution in [0.15, 0.2) is 0 Å². The topological polar surface area (TPSA) is 35.5 Å². The van der Waals surface area contributed by atoms with Crippen molar-refractivity contribution in [3.05, 3.63) is 0 Å². The third-order valence-electron chi connectivity index (χ3n) is 2.33. The molecule has 1 aliphatic heterocycles. The van der Waals surface area contributed by atoms with E-state index in [0.29, 0.717) is 6.42 Å². The molecule has 3 nitrogen and oxygen atoms in total. The third-order valence-corrected chi connectivity index (χ3v) is 2.33. The van der Waals surface area contributed by atoms with Crippen LogP contribution in [0.4, 0.5) is 0 Å². The predicted octanol–water partition coefficient (Wildman–Crippen LogP) is 2.14. The Balaban J connectivity index is 2.58. The zero-order valence-corrected chi connectivity index (χ0v) is 9.45. The zero-order valence-electron chi connectivity index (χ0n) is 9.45. The van der Waals surface area contributed by atoms with Gasteiger partial charge in [-0.05, 0) is 6.92 Å². The molecule has 1 heterocycles. The second-order valence-electron chi connectivity index (χ2n) is 5.04. The van der Waals surface area contributed by atoms with E-state index in [1.54, 1.807) is 0 Å². The molecule has 3 atom stereocenters. The minimum absolute atomic E-state index is 0.0282. The van der Waals surface area contributed by atoms with E-state index in [-0.39, 0.29) is 23.9 Å². The number of rotatable bonds is 2. The Morgan fingerprint density at radius 2 is 2.00 bits per heavy atom. The van der Waals surface area contributed by atoms with Crippen molar-refractivity contribution < 1.29 is 14.3 Å². The first-order valence-corrected chi connectivity index (χ1v) is 5.18. The lowest BCUT2D eigenvalue weighted by Gasteiger charge is -2.40. The molecule has 0 radical (unpaired) electrons. The van der Waals surface area contributed by atoms with Crippen molar-refractivity contribution in [1.29, 1.82) is 0 Å². The number of hydrogen-bond donors (Lipinski definition) is 0. The molecule has 1 fully saturated rings. The van der Waals surface area contributed by atoms with Gasteiger partial charge >= 0.3 is 0 Å². The molecule has 0 saturated carbocycles. The number of carbonyl (C=O) groups is 1. The van der Waals surface area contributed by atoms with Gasteiger partial charge < -0.3 is 14.3 Å².